The molecule has 0 atom stereocenters. The fraction of sp³-hybridized carbons (Fsp3) is 0.500. The second-order valence-electron chi connectivity index (χ2n) is 3.69. The number of anilines is 1. The van der Waals surface area contributed by atoms with Gasteiger partial charge in [0.15, 0.2) is 5.65 Å². The van der Waals surface area contributed by atoms with E-state index in [0.717, 1.165) is 22.2 Å². The van der Waals surface area contributed by atoms with Gasteiger partial charge in [0, 0.05) is 6.54 Å². The zero-order valence-electron chi connectivity index (χ0n) is 9.15. The van der Waals surface area contributed by atoms with Gasteiger partial charge in [0.05, 0.1) is 6.33 Å². The van der Waals surface area contributed by atoms with Gasteiger partial charge in [0.2, 0.25) is 5.95 Å². The van der Waals surface area contributed by atoms with Crippen LogP contribution in [-0.2, 0) is 6.54 Å². The Labute approximate surface area is 108 Å². The minimum atomic E-state index is 0.288. The van der Waals surface area contributed by atoms with Gasteiger partial charge >= 0.3 is 0 Å². The highest BCUT2D eigenvalue weighted by Crippen LogP contribution is 2.18. The second kappa shape index (κ2) is 4.94. The van der Waals surface area contributed by atoms with E-state index in [1.807, 2.05) is 6.33 Å². The van der Waals surface area contributed by atoms with Gasteiger partial charge in [-0.3, -0.25) is 0 Å². The molecule has 0 aliphatic rings. The summed E-state index contributed by atoms with van der Waals surface area (Å²) in [5.41, 5.74) is 7.26. The number of hydrogen-bond acceptors (Lipinski definition) is 4. The predicted octanol–water partition coefficient (Wildman–Crippen LogP) is 2.20. The lowest BCUT2D eigenvalue weighted by molar-refractivity contribution is 0.612. The lowest BCUT2D eigenvalue weighted by Crippen LogP contribution is -2.02. The third kappa shape index (κ3) is 2.26. The van der Waals surface area contributed by atoms with Crippen molar-refractivity contribution in [3.05, 3.63) is 10.0 Å². The van der Waals surface area contributed by atoms with Crippen LogP contribution in [0.3, 0.4) is 0 Å². The van der Waals surface area contributed by atoms with Crippen molar-refractivity contribution >= 4 is 39.7 Å². The molecule has 2 aromatic heterocycles. The van der Waals surface area contributed by atoms with Gasteiger partial charge in [-0.25, -0.2) is 9.97 Å². The number of nitrogen functional groups attached to an aromatic ring is 1. The SMILES string of the molecule is CCCCCn1cnc2nc(N)nc(I)c21. The maximum atomic E-state index is 5.58. The highest BCUT2D eigenvalue weighted by Gasteiger charge is 2.09. The number of aryl methyl sites for hydroxylation is 1. The van der Waals surface area contributed by atoms with Crippen LogP contribution in [0.4, 0.5) is 5.95 Å². The highest BCUT2D eigenvalue weighted by molar-refractivity contribution is 14.1. The summed E-state index contributed by atoms with van der Waals surface area (Å²) in [6, 6.07) is 0. The van der Waals surface area contributed by atoms with Crippen molar-refractivity contribution < 1.29 is 0 Å². The molecule has 16 heavy (non-hydrogen) atoms. The van der Waals surface area contributed by atoms with Crippen LogP contribution in [-0.4, -0.2) is 19.5 Å². The summed E-state index contributed by atoms with van der Waals surface area (Å²) < 4.78 is 2.97. The van der Waals surface area contributed by atoms with Crippen LogP contribution in [0, 0.1) is 3.70 Å². The molecule has 2 N–H and O–H groups in total. The summed E-state index contributed by atoms with van der Waals surface area (Å²) >= 11 is 2.18. The van der Waals surface area contributed by atoms with Crippen molar-refractivity contribution in [3.63, 3.8) is 0 Å². The van der Waals surface area contributed by atoms with Crippen LogP contribution in [0.15, 0.2) is 6.33 Å². The molecule has 0 unspecified atom stereocenters. The van der Waals surface area contributed by atoms with Crippen molar-refractivity contribution in [1.82, 2.24) is 19.5 Å². The molecule has 0 saturated heterocycles. The average Bonchev–Trinajstić information content (AvgIpc) is 2.62. The minimum Gasteiger partial charge on any atom is -0.368 e. The fourth-order valence-corrected chi connectivity index (χ4v) is 2.45. The molecular weight excluding hydrogens is 317 g/mol. The van der Waals surface area contributed by atoms with Crippen LogP contribution in [0.1, 0.15) is 26.2 Å². The predicted molar refractivity (Wildman–Crippen MR) is 72.0 cm³/mol. The zero-order valence-corrected chi connectivity index (χ0v) is 11.3. The van der Waals surface area contributed by atoms with Crippen LogP contribution < -0.4 is 5.73 Å². The topological polar surface area (TPSA) is 69.6 Å². The molecule has 2 heterocycles. The Kier molecular flexibility index (Phi) is 3.57. The Morgan fingerprint density at radius 3 is 2.94 bits per heavy atom. The molecule has 0 bridgehead atoms. The van der Waals surface area contributed by atoms with E-state index in [2.05, 4.69) is 49.0 Å². The van der Waals surface area contributed by atoms with Gasteiger partial charge in [0.25, 0.3) is 0 Å². The summed E-state index contributed by atoms with van der Waals surface area (Å²) in [5, 5.41) is 0. The van der Waals surface area contributed by atoms with Gasteiger partial charge in [-0.15, -0.1) is 0 Å². The molecule has 0 aliphatic heterocycles. The van der Waals surface area contributed by atoms with Crippen molar-refractivity contribution in [2.75, 3.05) is 5.73 Å². The maximum absolute atomic E-state index is 5.58. The maximum Gasteiger partial charge on any atom is 0.223 e. The Morgan fingerprint density at radius 2 is 2.19 bits per heavy atom. The summed E-state index contributed by atoms with van der Waals surface area (Å²) in [6.07, 6.45) is 5.41. The number of hydrogen-bond donors (Lipinski definition) is 1. The van der Waals surface area contributed by atoms with Crippen LogP contribution >= 0.6 is 22.6 Å². The quantitative estimate of drug-likeness (QED) is 0.530. The monoisotopic (exact) mass is 331 g/mol. The molecule has 0 fully saturated rings. The average molecular weight is 331 g/mol. The van der Waals surface area contributed by atoms with Crippen molar-refractivity contribution in [2.24, 2.45) is 0 Å². The number of fused-ring (bicyclic) bond motifs is 1. The summed E-state index contributed by atoms with van der Waals surface area (Å²) in [5.74, 6) is 0.288. The number of nitrogens with two attached hydrogens (primary N) is 1. The normalized spacial score (nSPS) is 11.1. The van der Waals surface area contributed by atoms with Gasteiger partial charge in [0.1, 0.15) is 9.22 Å². The molecule has 86 valence electrons. The lowest BCUT2D eigenvalue weighted by atomic mass is 10.2. The number of nitrogens with zero attached hydrogens (tertiary/aromatic N) is 4. The molecule has 2 rings (SSSR count). The van der Waals surface area contributed by atoms with Crippen LogP contribution in [0.5, 0.6) is 0 Å². The van der Waals surface area contributed by atoms with Gasteiger partial charge < -0.3 is 10.3 Å². The van der Waals surface area contributed by atoms with E-state index in [0.29, 0.717) is 5.65 Å². The smallest absolute Gasteiger partial charge is 0.223 e. The molecular formula is C10H14IN5. The molecule has 0 spiro atoms. The van der Waals surface area contributed by atoms with E-state index in [1.165, 1.54) is 12.8 Å². The van der Waals surface area contributed by atoms with Crippen molar-refractivity contribution in [1.29, 1.82) is 0 Å². The van der Waals surface area contributed by atoms with Gasteiger partial charge in [-0.2, -0.15) is 4.98 Å². The van der Waals surface area contributed by atoms with E-state index < -0.39 is 0 Å². The number of aromatic nitrogens is 4. The molecule has 2 aromatic rings. The summed E-state index contributed by atoms with van der Waals surface area (Å²) in [4.78, 5) is 12.5. The standard InChI is InChI=1S/C10H14IN5/c1-2-3-4-5-16-6-13-9-7(16)8(11)14-10(12)15-9/h6H,2-5H2,1H3,(H2,12,14,15). The molecule has 0 amide bonds. The third-order valence-corrected chi connectivity index (χ3v) is 3.20. The Hall–Kier alpha value is -0.920. The molecule has 6 heteroatoms. The van der Waals surface area contributed by atoms with E-state index >= 15 is 0 Å². The van der Waals surface area contributed by atoms with E-state index in [1.54, 1.807) is 0 Å². The third-order valence-electron chi connectivity index (χ3n) is 2.45. The first-order chi connectivity index (χ1) is 7.72. The number of unbranched alkanes of at least 4 members (excludes halogenated alkanes) is 2. The highest BCUT2D eigenvalue weighted by atomic mass is 127. The largest absolute Gasteiger partial charge is 0.368 e. The molecule has 5 nitrogen and oxygen atoms in total. The minimum absolute atomic E-state index is 0.288. The molecule has 0 aromatic carbocycles. The van der Waals surface area contributed by atoms with Gasteiger partial charge in [-0.05, 0) is 29.0 Å². The zero-order chi connectivity index (χ0) is 11.5. The Balaban J connectivity index is 2.33. The van der Waals surface area contributed by atoms with Crippen LogP contribution in [0.25, 0.3) is 11.2 Å². The number of halogens is 1. The van der Waals surface area contributed by atoms with Gasteiger partial charge in [-0.1, -0.05) is 19.8 Å². The summed E-state index contributed by atoms with van der Waals surface area (Å²) in [7, 11) is 0. The molecule has 0 saturated carbocycles. The van der Waals surface area contributed by atoms with Crippen molar-refractivity contribution in [3.8, 4) is 0 Å². The lowest BCUT2D eigenvalue weighted by Gasteiger charge is -2.04. The molecule has 0 aliphatic carbocycles. The second-order valence-corrected chi connectivity index (χ2v) is 4.71. The fourth-order valence-electron chi connectivity index (χ4n) is 1.65. The molecule has 0 radical (unpaired) electrons. The van der Waals surface area contributed by atoms with E-state index in [4.69, 9.17) is 5.73 Å². The first-order valence-corrected chi connectivity index (χ1v) is 6.44. The van der Waals surface area contributed by atoms with E-state index in [-0.39, 0.29) is 5.95 Å². The first-order valence-electron chi connectivity index (χ1n) is 5.36. The summed E-state index contributed by atoms with van der Waals surface area (Å²) in [6.45, 7) is 3.16. The van der Waals surface area contributed by atoms with E-state index in [9.17, 15) is 0 Å². The first kappa shape index (κ1) is 11.6. The number of imidazole rings is 1. The van der Waals surface area contributed by atoms with Crippen LogP contribution in [0.2, 0.25) is 0 Å². The number of rotatable bonds is 4. The van der Waals surface area contributed by atoms with Crippen molar-refractivity contribution in [2.45, 2.75) is 32.7 Å². The Bertz CT molecular complexity index is 493. The Morgan fingerprint density at radius 1 is 1.38 bits per heavy atom.